The minimum atomic E-state index is -0.0256. The van der Waals surface area contributed by atoms with E-state index in [1.807, 2.05) is 0 Å². The normalized spacial score (nSPS) is 22.2. The summed E-state index contributed by atoms with van der Waals surface area (Å²) in [4.78, 5) is 0. The van der Waals surface area contributed by atoms with Gasteiger partial charge in [0, 0.05) is 0 Å². The van der Waals surface area contributed by atoms with Crippen LogP contribution >= 0.6 is 0 Å². The van der Waals surface area contributed by atoms with Gasteiger partial charge in [-0.2, -0.15) is 5.26 Å². The molecule has 82 valence electrons. The first-order valence-corrected chi connectivity index (χ1v) is 6.31. The van der Waals surface area contributed by atoms with Crippen molar-refractivity contribution in [2.24, 2.45) is 5.41 Å². The SMILES string of the molecule is N#CC1(Cc2cccc(C3CC3)c2)CCC1. The van der Waals surface area contributed by atoms with Crippen LogP contribution < -0.4 is 0 Å². The number of benzene rings is 1. The quantitative estimate of drug-likeness (QED) is 0.746. The van der Waals surface area contributed by atoms with Gasteiger partial charge in [-0.1, -0.05) is 30.7 Å². The van der Waals surface area contributed by atoms with Crippen LogP contribution in [-0.2, 0) is 6.42 Å². The maximum absolute atomic E-state index is 9.24. The molecule has 2 fully saturated rings. The van der Waals surface area contributed by atoms with E-state index in [4.69, 9.17) is 0 Å². The zero-order valence-corrected chi connectivity index (χ0v) is 9.58. The van der Waals surface area contributed by atoms with Crippen LogP contribution in [0.15, 0.2) is 24.3 Å². The van der Waals surface area contributed by atoms with Crippen LogP contribution in [0.2, 0.25) is 0 Å². The molecule has 0 aliphatic heterocycles. The number of nitrogens with zero attached hydrogens (tertiary/aromatic N) is 1. The minimum Gasteiger partial charge on any atom is -0.198 e. The van der Waals surface area contributed by atoms with Crippen molar-refractivity contribution in [2.75, 3.05) is 0 Å². The zero-order valence-electron chi connectivity index (χ0n) is 9.58. The van der Waals surface area contributed by atoms with Gasteiger partial charge in [0.1, 0.15) is 0 Å². The van der Waals surface area contributed by atoms with Crippen molar-refractivity contribution >= 4 is 0 Å². The standard InChI is InChI=1S/C15H17N/c16-11-15(7-2-8-15)10-12-3-1-4-14(9-12)13-5-6-13/h1,3-4,9,13H,2,5-8,10H2. The molecule has 1 aromatic carbocycles. The molecule has 2 aliphatic carbocycles. The highest BCUT2D eigenvalue weighted by Gasteiger charge is 2.37. The summed E-state index contributed by atoms with van der Waals surface area (Å²) in [6, 6.07) is 11.4. The van der Waals surface area contributed by atoms with Crippen LogP contribution in [0, 0.1) is 16.7 Å². The summed E-state index contributed by atoms with van der Waals surface area (Å²) in [5.74, 6) is 0.819. The van der Waals surface area contributed by atoms with E-state index in [0.717, 1.165) is 25.2 Å². The molecule has 1 heteroatoms. The highest BCUT2D eigenvalue weighted by atomic mass is 14.4. The van der Waals surface area contributed by atoms with Crippen molar-refractivity contribution in [3.63, 3.8) is 0 Å². The maximum Gasteiger partial charge on any atom is 0.0693 e. The van der Waals surface area contributed by atoms with Crippen LogP contribution in [0.1, 0.15) is 49.1 Å². The van der Waals surface area contributed by atoms with Crippen LogP contribution in [0.3, 0.4) is 0 Å². The third-order valence-electron chi connectivity index (χ3n) is 4.09. The van der Waals surface area contributed by atoms with E-state index < -0.39 is 0 Å². The highest BCUT2D eigenvalue weighted by Crippen LogP contribution is 2.44. The van der Waals surface area contributed by atoms with Crippen LogP contribution in [0.5, 0.6) is 0 Å². The number of hydrogen-bond acceptors (Lipinski definition) is 1. The lowest BCUT2D eigenvalue weighted by Gasteiger charge is -2.35. The Balaban J connectivity index is 1.79. The van der Waals surface area contributed by atoms with Crippen molar-refractivity contribution in [3.05, 3.63) is 35.4 Å². The third-order valence-corrected chi connectivity index (χ3v) is 4.09. The van der Waals surface area contributed by atoms with Gasteiger partial charge in [-0.15, -0.1) is 0 Å². The monoisotopic (exact) mass is 211 g/mol. The fourth-order valence-electron chi connectivity index (χ4n) is 2.70. The van der Waals surface area contributed by atoms with Crippen molar-refractivity contribution in [2.45, 2.75) is 44.4 Å². The lowest BCUT2D eigenvalue weighted by Crippen LogP contribution is -2.29. The van der Waals surface area contributed by atoms with Gasteiger partial charge >= 0.3 is 0 Å². The van der Waals surface area contributed by atoms with E-state index in [9.17, 15) is 5.26 Å². The molecule has 0 aromatic heterocycles. The van der Waals surface area contributed by atoms with E-state index in [1.165, 1.54) is 30.4 Å². The number of rotatable bonds is 3. The summed E-state index contributed by atoms with van der Waals surface area (Å²) in [6.45, 7) is 0. The molecular formula is C15H17N. The van der Waals surface area contributed by atoms with Gasteiger partial charge in [0.15, 0.2) is 0 Å². The highest BCUT2D eigenvalue weighted by molar-refractivity contribution is 5.31. The van der Waals surface area contributed by atoms with Gasteiger partial charge in [0.05, 0.1) is 11.5 Å². The summed E-state index contributed by atoms with van der Waals surface area (Å²) in [7, 11) is 0. The molecule has 1 aromatic rings. The molecule has 2 aliphatic rings. The lowest BCUT2D eigenvalue weighted by atomic mass is 9.66. The molecule has 1 nitrogen and oxygen atoms in total. The lowest BCUT2D eigenvalue weighted by molar-refractivity contribution is 0.214. The fourth-order valence-corrected chi connectivity index (χ4v) is 2.70. The Morgan fingerprint density at radius 1 is 1.31 bits per heavy atom. The van der Waals surface area contributed by atoms with Gasteiger partial charge in [0.2, 0.25) is 0 Å². The van der Waals surface area contributed by atoms with Gasteiger partial charge in [0.25, 0.3) is 0 Å². The molecule has 0 heterocycles. The molecule has 16 heavy (non-hydrogen) atoms. The minimum absolute atomic E-state index is 0.0256. The topological polar surface area (TPSA) is 23.8 Å². The van der Waals surface area contributed by atoms with E-state index in [-0.39, 0.29) is 5.41 Å². The fraction of sp³-hybridized carbons (Fsp3) is 0.533. The molecule has 0 atom stereocenters. The van der Waals surface area contributed by atoms with Gasteiger partial charge in [-0.3, -0.25) is 0 Å². The largest absolute Gasteiger partial charge is 0.198 e. The Kier molecular flexibility index (Phi) is 2.24. The summed E-state index contributed by atoms with van der Waals surface area (Å²) in [6.07, 6.45) is 7.09. The average molecular weight is 211 g/mol. The summed E-state index contributed by atoms with van der Waals surface area (Å²) in [5, 5.41) is 9.24. The van der Waals surface area contributed by atoms with Crippen molar-refractivity contribution in [1.29, 1.82) is 5.26 Å². The summed E-state index contributed by atoms with van der Waals surface area (Å²) in [5.41, 5.74) is 2.83. The van der Waals surface area contributed by atoms with E-state index >= 15 is 0 Å². The van der Waals surface area contributed by atoms with Crippen molar-refractivity contribution in [3.8, 4) is 6.07 Å². The second kappa shape index (κ2) is 3.63. The van der Waals surface area contributed by atoms with Crippen molar-refractivity contribution in [1.82, 2.24) is 0 Å². The summed E-state index contributed by atoms with van der Waals surface area (Å²) < 4.78 is 0. The Morgan fingerprint density at radius 3 is 2.69 bits per heavy atom. The first-order chi connectivity index (χ1) is 7.81. The molecule has 0 radical (unpaired) electrons. The molecule has 0 bridgehead atoms. The molecule has 0 saturated heterocycles. The molecule has 2 saturated carbocycles. The molecule has 3 rings (SSSR count). The second-order valence-electron chi connectivity index (χ2n) is 5.44. The molecule has 0 unspecified atom stereocenters. The van der Waals surface area contributed by atoms with Gasteiger partial charge < -0.3 is 0 Å². The predicted octanol–water partition coefficient (Wildman–Crippen LogP) is 3.80. The number of hydrogen-bond donors (Lipinski definition) is 0. The first-order valence-electron chi connectivity index (χ1n) is 6.31. The Bertz CT molecular complexity index is 433. The molecular weight excluding hydrogens is 194 g/mol. The predicted molar refractivity (Wildman–Crippen MR) is 64.0 cm³/mol. The third kappa shape index (κ3) is 1.73. The molecule has 0 amide bonds. The Hall–Kier alpha value is -1.29. The van der Waals surface area contributed by atoms with E-state index in [2.05, 4.69) is 30.3 Å². The van der Waals surface area contributed by atoms with E-state index in [1.54, 1.807) is 0 Å². The Morgan fingerprint density at radius 2 is 2.12 bits per heavy atom. The van der Waals surface area contributed by atoms with E-state index in [0.29, 0.717) is 0 Å². The first kappa shape index (κ1) is 9.90. The zero-order chi connectivity index (χ0) is 11.0. The average Bonchev–Trinajstić information content (AvgIpc) is 3.08. The molecule has 0 spiro atoms. The van der Waals surface area contributed by atoms with Crippen molar-refractivity contribution < 1.29 is 0 Å². The number of nitriles is 1. The van der Waals surface area contributed by atoms with Gasteiger partial charge in [-0.05, 0) is 49.1 Å². The smallest absolute Gasteiger partial charge is 0.0693 e. The Labute approximate surface area is 97.1 Å². The van der Waals surface area contributed by atoms with Crippen LogP contribution in [0.4, 0.5) is 0 Å². The second-order valence-corrected chi connectivity index (χ2v) is 5.44. The summed E-state index contributed by atoms with van der Waals surface area (Å²) >= 11 is 0. The van der Waals surface area contributed by atoms with Crippen LogP contribution in [-0.4, -0.2) is 0 Å². The molecule has 0 N–H and O–H groups in total. The van der Waals surface area contributed by atoms with Gasteiger partial charge in [-0.25, -0.2) is 0 Å². The van der Waals surface area contributed by atoms with Crippen LogP contribution in [0.25, 0.3) is 0 Å². The maximum atomic E-state index is 9.24.